The van der Waals surface area contributed by atoms with Crippen molar-refractivity contribution in [3.05, 3.63) is 82.6 Å². The monoisotopic (exact) mass is 365 g/mol. The zero-order valence-electron chi connectivity index (χ0n) is 14.7. The molecule has 132 valence electrons. The van der Waals surface area contributed by atoms with Crippen LogP contribution in [0.2, 0.25) is 5.02 Å². The van der Waals surface area contributed by atoms with Crippen LogP contribution in [0.4, 0.5) is 10.5 Å². The Morgan fingerprint density at radius 2 is 1.96 bits per heavy atom. The Morgan fingerprint density at radius 3 is 2.77 bits per heavy atom. The normalized spacial score (nSPS) is 15.8. The van der Waals surface area contributed by atoms with Crippen LogP contribution < -0.4 is 5.32 Å². The fraction of sp³-hybridized carbons (Fsp3) is 0.190. The number of hydrogen-bond acceptors (Lipinski definition) is 1. The number of benzene rings is 2. The van der Waals surface area contributed by atoms with Crippen LogP contribution in [-0.2, 0) is 6.54 Å². The molecule has 0 spiro atoms. The molecule has 2 aromatic carbocycles. The van der Waals surface area contributed by atoms with Crippen LogP contribution in [0.25, 0.3) is 5.69 Å². The Bertz CT molecular complexity index is 979. The summed E-state index contributed by atoms with van der Waals surface area (Å²) in [5.74, 6) is 0. The van der Waals surface area contributed by atoms with E-state index in [0.717, 1.165) is 22.5 Å². The lowest BCUT2D eigenvalue weighted by Crippen LogP contribution is -2.36. The molecule has 0 aliphatic carbocycles. The van der Waals surface area contributed by atoms with Crippen LogP contribution in [0.15, 0.2) is 60.8 Å². The lowest BCUT2D eigenvalue weighted by atomic mass is 10.1. The topological polar surface area (TPSA) is 37.3 Å². The Balaban J connectivity index is 1.68. The van der Waals surface area contributed by atoms with Crippen molar-refractivity contribution in [1.82, 2.24) is 9.47 Å². The highest BCUT2D eigenvalue weighted by Gasteiger charge is 2.28. The first kappa shape index (κ1) is 16.7. The van der Waals surface area contributed by atoms with Gasteiger partial charge in [-0.05, 0) is 55.3 Å². The molecule has 1 N–H and O–H groups in total. The van der Waals surface area contributed by atoms with Gasteiger partial charge in [-0.25, -0.2) is 4.79 Å². The zero-order valence-corrected chi connectivity index (χ0v) is 15.5. The number of nitrogens with zero attached hydrogens (tertiary/aromatic N) is 2. The summed E-state index contributed by atoms with van der Waals surface area (Å²) in [5.41, 5.74) is 5.01. The van der Waals surface area contributed by atoms with E-state index in [1.807, 2.05) is 48.4 Å². The molecule has 2 heterocycles. The van der Waals surface area contributed by atoms with Gasteiger partial charge in [-0.2, -0.15) is 0 Å². The quantitative estimate of drug-likeness (QED) is 0.603. The molecule has 5 heteroatoms. The SMILES string of the molecule is Cc1ccc(NC(=O)N2Cc3ccccc3-n3cccc3C2C)cc1Cl. The maximum atomic E-state index is 13.0. The summed E-state index contributed by atoms with van der Waals surface area (Å²) in [6.07, 6.45) is 2.05. The molecular formula is C21H20ClN3O. The van der Waals surface area contributed by atoms with Gasteiger partial charge in [0, 0.05) is 22.6 Å². The number of amides is 2. The average molecular weight is 366 g/mol. The van der Waals surface area contributed by atoms with Crippen molar-refractivity contribution < 1.29 is 4.79 Å². The van der Waals surface area contributed by atoms with Crippen LogP contribution in [-0.4, -0.2) is 15.5 Å². The van der Waals surface area contributed by atoms with Crippen molar-refractivity contribution in [3.8, 4) is 5.69 Å². The van der Waals surface area contributed by atoms with Crippen LogP contribution in [0, 0.1) is 6.92 Å². The molecule has 0 saturated carbocycles. The van der Waals surface area contributed by atoms with Crippen molar-refractivity contribution in [3.63, 3.8) is 0 Å². The van der Waals surface area contributed by atoms with Gasteiger partial charge in [0.2, 0.25) is 0 Å². The summed E-state index contributed by atoms with van der Waals surface area (Å²) < 4.78 is 2.16. The van der Waals surface area contributed by atoms with E-state index in [1.54, 1.807) is 6.07 Å². The number of aromatic nitrogens is 1. The van der Waals surface area contributed by atoms with Gasteiger partial charge in [-0.15, -0.1) is 0 Å². The minimum Gasteiger partial charge on any atom is -0.318 e. The number of para-hydroxylation sites is 1. The van der Waals surface area contributed by atoms with Gasteiger partial charge in [-0.3, -0.25) is 0 Å². The molecule has 1 aliphatic rings. The first-order valence-corrected chi connectivity index (χ1v) is 9.01. The summed E-state index contributed by atoms with van der Waals surface area (Å²) in [7, 11) is 0. The molecule has 26 heavy (non-hydrogen) atoms. The van der Waals surface area contributed by atoms with E-state index in [4.69, 9.17) is 11.6 Å². The highest BCUT2D eigenvalue weighted by Crippen LogP contribution is 2.32. The fourth-order valence-corrected chi connectivity index (χ4v) is 3.61. The Morgan fingerprint density at radius 1 is 1.15 bits per heavy atom. The number of nitrogens with one attached hydrogen (secondary N) is 1. The highest BCUT2D eigenvalue weighted by molar-refractivity contribution is 6.31. The van der Waals surface area contributed by atoms with Crippen LogP contribution in [0.5, 0.6) is 0 Å². The van der Waals surface area contributed by atoms with Gasteiger partial charge in [-0.1, -0.05) is 35.9 Å². The van der Waals surface area contributed by atoms with Crippen molar-refractivity contribution in [2.45, 2.75) is 26.4 Å². The number of aryl methyl sites for hydroxylation is 1. The molecule has 1 aromatic heterocycles. The third kappa shape index (κ3) is 2.86. The molecule has 0 saturated heterocycles. The number of carbonyl (C=O) groups is 1. The molecule has 4 rings (SSSR count). The van der Waals surface area contributed by atoms with Gasteiger partial charge >= 0.3 is 6.03 Å². The smallest absolute Gasteiger partial charge is 0.318 e. The molecule has 1 aliphatic heterocycles. The average Bonchev–Trinajstić information content (AvgIpc) is 3.08. The number of hydrogen-bond donors (Lipinski definition) is 1. The predicted octanol–water partition coefficient (Wildman–Crippen LogP) is 5.55. The Kier molecular flexibility index (Phi) is 4.21. The van der Waals surface area contributed by atoms with E-state index < -0.39 is 0 Å². The molecular weight excluding hydrogens is 346 g/mol. The van der Waals surface area contributed by atoms with Crippen LogP contribution >= 0.6 is 11.6 Å². The number of fused-ring (bicyclic) bond motifs is 3. The maximum Gasteiger partial charge on any atom is 0.322 e. The standard InChI is InChI=1S/C21H20ClN3O/c1-14-9-10-17(12-18(14)22)23-21(26)25-13-16-6-3-4-7-20(16)24-11-5-8-19(24)15(25)2/h3-12,15H,13H2,1-2H3,(H,23,26). The number of halogens is 1. The number of rotatable bonds is 1. The second-order valence-electron chi connectivity index (χ2n) is 6.63. The van der Waals surface area contributed by atoms with Crippen molar-refractivity contribution in [2.75, 3.05) is 5.32 Å². The fourth-order valence-electron chi connectivity index (χ4n) is 3.43. The molecule has 4 nitrogen and oxygen atoms in total. The van der Waals surface area contributed by atoms with Gasteiger partial charge in [0.25, 0.3) is 0 Å². The van der Waals surface area contributed by atoms with Crippen molar-refractivity contribution in [2.24, 2.45) is 0 Å². The van der Waals surface area contributed by atoms with Crippen LogP contribution in [0.3, 0.4) is 0 Å². The zero-order chi connectivity index (χ0) is 18.3. The molecule has 1 atom stereocenters. The summed E-state index contributed by atoms with van der Waals surface area (Å²) >= 11 is 6.19. The maximum absolute atomic E-state index is 13.0. The summed E-state index contributed by atoms with van der Waals surface area (Å²) in [4.78, 5) is 14.9. The largest absolute Gasteiger partial charge is 0.322 e. The number of anilines is 1. The number of carbonyl (C=O) groups excluding carboxylic acids is 1. The predicted molar refractivity (Wildman–Crippen MR) is 105 cm³/mol. The van der Waals surface area contributed by atoms with E-state index in [9.17, 15) is 4.79 Å². The van der Waals surface area contributed by atoms with E-state index >= 15 is 0 Å². The summed E-state index contributed by atoms with van der Waals surface area (Å²) in [6.45, 7) is 4.54. The highest BCUT2D eigenvalue weighted by atomic mass is 35.5. The Labute approximate surface area is 158 Å². The van der Waals surface area contributed by atoms with E-state index in [0.29, 0.717) is 17.3 Å². The molecule has 3 aromatic rings. The van der Waals surface area contributed by atoms with Gasteiger partial charge in [0.15, 0.2) is 0 Å². The summed E-state index contributed by atoms with van der Waals surface area (Å²) in [6, 6.07) is 17.6. The van der Waals surface area contributed by atoms with E-state index in [1.165, 1.54) is 0 Å². The minimum absolute atomic E-state index is 0.0571. The molecule has 0 radical (unpaired) electrons. The first-order valence-electron chi connectivity index (χ1n) is 8.64. The molecule has 2 amide bonds. The lowest BCUT2D eigenvalue weighted by molar-refractivity contribution is 0.189. The molecule has 0 bridgehead atoms. The van der Waals surface area contributed by atoms with Gasteiger partial charge in [0.1, 0.15) is 0 Å². The summed E-state index contributed by atoms with van der Waals surface area (Å²) in [5, 5.41) is 3.63. The molecule has 1 unspecified atom stereocenters. The Hall–Kier alpha value is -2.72. The second-order valence-corrected chi connectivity index (χ2v) is 7.04. The van der Waals surface area contributed by atoms with Gasteiger partial charge in [0.05, 0.1) is 18.3 Å². The van der Waals surface area contributed by atoms with Crippen molar-refractivity contribution >= 4 is 23.3 Å². The third-order valence-corrected chi connectivity index (χ3v) is 5.36. The van der Waals surface area contributed by atoms with E-state index in [2.05, 4.69) is 35.0 Å². The lowest BCUT2D eigenvalue weighted by Gasteiger charge is -2.27. The number of urea groups is 1. The first-order chi connectivity index (χ1) is 12.5. The second kappa shape index (κ2) is 6.54. The molecule has 0 fully saturated rings. The van der Waals surface area contributed by atoms with Crippen LogP contribution in [0.1, 0.15) is 29.8 Å². The third-order valence-electron chi connectivity index (χ3n) is 4.95. The van der Waals surface area contributed by atoms with E-state index in [-0.39, 0.29) is 12.1 Å². The van der Waals surface area contributed by atoms with Crippen molar-refractivity contribution in [1.29, 1.82) is 0 Å². The van der Waals surface area contributed by atoms with Gasteiger partial charge < -0.3 is 14.8 Å². The minimum atomic E-state index is -0.137.